The van der Waals surface area contributed by atoms with Gasteiger partial charge in [-0.25, -0.2) is 0 Å². The summed E-state index contributed by atoms with van der Waals surface area (Å²) in [4.78, 5) is 0.810. The number of rotatable bonds is 4. The van der Waals surface area contributed by atoms with E-state index in [1.165, 1.54) is 23.5 Å². The standard InChI is InChI=1S/C13H10BrF3O2S/c14-10-3-4-20-12(10)7-19-11-2-1-8(6-18)5-9(11)13(15,16)17/h1-5,18H,6-7H2. The highest BCUT2D eigenvalue weighted by Crippen LogP contribution is 2.37. The summed E-state index contributed by atoms with van der Waals surface area (Å²) >= 11 is 4.69. The van der Waals surface area contributed by atoms with E-state index in [1.807, 2.05) is 11.4 Å². The van der Waals surface area contributed by atoms with E-state index in [9.17, 15) is 13.2 Å². The molecule has 0 unspecified atom stereocenters. The number of aliphatic hydroxyl groups excluding tert-OH is 1. The van der Waals surface area contributed by atoms with Crippen molar-refractivity contribution in [1.82, 2.24) is 0 Å². The van der Waals surface area contributed by atoms with Crippen molar-refractivity contribution < 1.29 is 23.0 Å². The first-order valence-electron chi connectivity index (χ1n) is 5.57. The van der Waals surface area contributed by atoms with Gasteiger partial charge in [0.2, 0.25) is 0 Å². The van der Waals surface area contributed by atoms with E-state index >= 15 is 0 Å². The van der Waals surface area contributed by atoms with Crippen LogP contribution >= 0.6 is 27.3 Å². The highest BCUT2D eigenvalue weighted by Gasteiger charge is 2.34. The fraction of sp³-hybridized carbons (Fsp3) is 0.231. The first-order valence-corrected chi connectivity index (χ1v) is 7.24. The first kappa shape index (κ1) is 15.3. The van der Waals surface area contributed by atoms with Crippen molar-refractivity contribution in [3.05, 3.63) is 50.1 Å². The van der Waals surface area contributed by atoms with Gasteiger partial charge in [0.05, 0.1) is 17.0 Å². The van der Waals surface area contributed by atoms with Gasteiger partial charge in [0, 0.05) is 4.47 Å². The van der Waals surface area contributed by atoms with E-state index in [1.54, 1.807) is 0 Å². The normalized spacial score (nSPS) is 11.7. The molecule has 7 heteroatoms. The van der Waals surface area contributed by atoms with Gasteiger partial charge in [-0.1, -0.05) is 6.07 Å². The van der Waals surface area contributed by atoms with Gasteiger partial charge in [0.25, 0.3) is 0 Å². The molecule has 1 aromatic heterocycles. The van der Waals surface area contributed by atoms with Crippen LogP contribution in [0.2, 0.25) is 0 Å². The van der Waals surface area contributed by atoms with E-state index in [0.29, 0.717) is 0 Å². The highest BCUT2D eigenvalue weighted by atomic mass is 79.9. The number of ether oxygens (including phenoxy) is 1. The van der Waals surface area contributed by atoms with Crippen LogP contribution in [0.4, 0.5) is 13.2 Å². The molecule has 20 heavy (non-hydrogen) atoms. The SMILES string of the molecule is OCc1ccc(OCc2sccc2Br)c(C(F)(F)F)c1. The summed E-state index contributed by atoms with van der Waals surface area (Å²) in [5.74, 6) is -0.241. The van der Waals surface area contributed by atoms with Crippen molar-refractivity contribution in [2.75, 3.05) is 0 Å². The molecule has 108 valence electrons. The minimum Gasteiger partial charge on any atom is -0.487 e. The van der Waals surface area contributed by atoms with Crippen LogP contribution in [0.1, 0.15) is 16.0 Å². The van der Waals surface area contributed by atoms with Crippen molar-refractivity contribution >= 4 is 27.3 Å². The predicted octanol–water partition coefficient (Wildman–Crippen LogP) is 4.60. The molecule has 0 aliphatic heterocycles. The average Bonchev–Trinajstić information content (AvgIpc) is 2.80. The molecule has 0 amide bonds. The van der Waals surface area contributed by atoms with Crippen LogP contribution in [-0.4, -0.2) is 5.11 Å². The van der Waals surface area contributed by atoms with Crippen LogP contribution in [0.3, 0.4) is 0 Å². The molecule has 0 aliphatic carbocycles. The fourth-order valence-electron chi connectivity index (χ4n) is 1.59. The third-order valence-electron chi connectivity index (χ3n) is 2.58. The van der Waals surface area contributed by atoms with E-state index < -0.39 is 18.3 Å². The highest BCUT2D eigenvalue weighted by molar-refractivity contribution is 9.10. The lowest BCUT2D eigenvalue weighted by Gasteiger charge is -2.14. The molecule has 0 aliphatic rings. The van der Waals surface area contributed by atoms with Gasteiger partial charge >= 0.3 is 6.18 Å². The van der Waals surface area contributed by atoms with Crippen LogP contribution in [0.15, 0.2) is 34.1 Å². The molecule has 1 aromatic carbocycles. The average molecular weight is 367 g/mol. The second-order valence-corrected chi connectivity index (χ2v) is 5.82. The second kappa shape index (κ2) is 6.15. The Morgan fingerprint density at radius 1 is 1.25 bits per heavy atom. The van der Waals surface area contributed by atoms with Gasteiger partial charge < -0.3 is 9.84 Å². The lowest BCUT2D eigenvalue weighted by Crippen LogP contribution is -2.09. The summed E-state index contributed by atoms with van der Waals surface area (Å²) in [7, 11) is 0. The van der Waals surface area contributed by atoms with Crippen molar-refractivity contribution in [3.8, 4) is 5.75 Å². The molecular weight excluding hydrogens is 357 g/mol. The topological polar surface area (TPSA) is 29.5 Å². The molecule has 0 saturated carbocycles. The van der Waals surface area contributed by atoms with E-state index in [-0.39, 0.29) is 17.9 Å². The largest absolute Gasteiger partial charge is 0.487 e. The predicted molar refractivity (Wildman–Crippen MR) is 73.7 cm³/mol. The monoisotopic (exact) mass is 366 g/mol. The Balaban J connectivity index is 2.25. The van der Waals surface area contributed by atoms with Crippen molar-refractivity contribution in [1.29, 1.82) is 0 Å². The van der Waals surface area contributed by atoms with Crippen LogP contribution in [0.25, 0.3) is 0 Å². The van der Waals surface area contributed by atoms with E-state index in [4.69, 9.17) is 9.84 Å². The number of aliphatic hydroxyl groups is 1. The molecule has 0 radical (unpaired) electrons. The Bertz CT molecular complexity index is 596. The Morgan fingerprint density at radius 3 is 2.55 bits per heavy atom. The Kier molecular flexibility index (Phi) is 4.72. The Morgan fingerprint density at radius 2 is 2.00 bits per heavy atom. The quantitative estimate of drug-likeness (QED) is 0.856. The molecule has 2 nitrogen and oxygen atoms in total. The molecule has 2 rings (SSSR count). The molecule has 2 aromatic rings. The molecule has 1 N–H and O–H groups in total. The van der Waals surface area contributed by atoms with E-state index in [2.05, 4.69) is 15.9 Å². The summed E-state index contributed by atoms with van der Waals surface area (Å²) in [6, 6.07) is 5.35. The summed E-state index contributed by atoms with van der Waals surface area (Å²) in [6.07, 6.45) is -4.52. The number of thiophene rings is 1. The van der Waals surface area contributed by atoms with Crippen molar-refractivity contribution in [2.45, 2.75) is 19.4 Å². The summed E-state index contributed by atoms with van der Waals surface area (Å²) in [5.41, 5.74) is -0.682. The fourth-order valence-corrected chi connectivity index (χ4v) is 2.97. The van der Waals surface area contributed by atoms with Gasteiger partial charge in [0.1, 0.15) is 12.4 Å². The molecule has 0 fully saturated rings. The van der Waals surface area contributed by atoms with Gasteiger partial charge in [-0.2, -0.15) is 13.2 Å². The van der Waals surface area contributed by atoms with Crippen LogP contribution in [0.5, 0.6) is 5.75 Å². The minimum atomic E-state index is -4.52. The number of halogens is 4. The van der Waals surface area contributed by atoms with Gasteiger partial charge in [-0.15, -0.1) is 11.3 Å². The Labute approximate surface area is 125 Å². The van der Waals surface area contributed by atoms with Crippen molar-refractivity contribution in [2.24, 2.45) is 0 Å². The molecule has 0 spiro atoms. The number of hydrogen-bond acceptors (Lipinski definition) is 3. The molecule has 0 saturated heterocycles. The first-order chi connectivity index (χ1) is 9.41. The maximum absolute atomic E-state index is 12.9. The number of hydrogen-bond donors (Lipinski definition) is 1. The zero-order chi connectivity index (χ0) is 14.8. The van der Waals surface area contributed by atoms with Gasteiger partial charge in [-0.05, 0) is 45.1 Å². The smallest absolute Gasteiger partial charge is 0.419 e. The number of benzene rings is 1. The Hall–Kier alpha value is -1.05. The lowest BCUT2D eigenvalue weighted by atomic mass is 10.1. The van der Waals surface area contributed by atoms with Crippen LogP contribution < -0.4 is 4.74 Å². The van der Waals surface area contributed by atoms with Gasteiger partial charge in [-0.3, -0.25) is 0 Å². The second-order valence-electron chi connectivity index (χ2n) is 3.97. The zero-order valence-electron chi connectivity index (χ0n) is 10.1. The number of alkyl halides is 3. The maximum atomic E-state index is 12.9. The van der Waals surface area contributed by atoms with Crippen LogP contribution in [0, 0.1) is 0 Å². The lowest BCUT2D eigenvalue weighted by molar-refractivity contribution is -0.139. The van der Waals surface area contributed by atoms with Gasteiger partial charge in [0.15, 0.2) is 0 Å². The van der Waals surface area contributed by atoms with Crippen LogP contribution in [-0.2, 0) is 19.4 Å². The third kappa shape index (κ3) is 3.53. The van der Waals surface area contributed by atoms with Crippen molar-refractivity contribution in [3.63, 3.8) is 0 Å². The van der Waals surface area contributed by atoms with E-state index in [0.717, 1.165) is 15.4 Å². The molecular formula is C13H10BrF3O2S. The summed E-state index contributed by atoms with van der Waals surface area (Å²) in [6.45, 7) is -0.389. The molecule has 0 atom stereocenters. The molecule has 0 bridgehead atoms. The summed E-state index contributed by atoms with van der Waals surface area (Å²) in [5, 5.41) is 10.7. The maximum Gasteiger partial charge on any atom is 0.419 e. The molecule has 1 heterocycles. The minimum absolute atomic E-state index is 0.0554. The third-order valence-corrected chi connectivity index (χ3v) is 4.48. The summed E-state index contributed by atoms with van der Waals surface area (Å²) < 4.78 is 44.9. The zero-order valence-corrected chi connectivity index (χ0v) is 12.5.